The third-order valence-electron chi connectivity index (χ3n) is 5.25. The van der Waals surface area contributed by atoms with Crippen LogP contribution in [-0.4, -0.2) is 19.6 Å². The molecule has 1 N–H and O–H groups in total. The zero-order valence-electron chi connectivity index (χ0n) is 16.5. The van der Waals surface area contributed by atoms with Crippen LogP contribution >= 0.6 is 0 Å². The summed E-state index contributed by atoms with van der Waals surface area (Å²) in [6.45, 7) is 4.11. The smallest absolute Gasteiger partial charge is 0.258 e. The Morgan fingerprint density at radius 1 is 1.11 bits per heavy atom. The first-order valence-electron chi connectivity index (χ1n) is 9.79. The minimum absolute atomic E-state index is 0.0322. The summed E-state index contributed by atoms with van der Waals surface area (Å²) in [6, 6.07) is 12.2. The highest BCUT2D eigenvalue weighted by molar-refractivity contribution is 5.78. The summed E-state index contributed by atoms with van der Waals surface area (Å²) in [5, 5.41) is 3.08. The Morgan fingerprint density at radius 2 is 1.89 bits per heavy atom. The average Bonchev–Trinajstić information content (AvgIpc) is 2.70. The first-order chi connectivity index (χ1) is 13.1. The van der Waals surface area contributed by atoms with Gasteiger partial charge in [0.1, 0.15) is 11.5 Å². The molecule has 4 nitrogen and oxygen atoms in total. The van der Waals surface area contributed by atoms with Gasteiger partial charge in [0.15, 0.2) is 6.61 Å². The van der Waals surface area contributed by atoms with Gasteiger partial charge in [0.2, 0.25) is 0 Å². The Morgan fingerprint density at radius 3 is 2.59 bits per heavy atom. The van der Waals surface area contributed by atoms with Crippen LogP contribution < -0.4 is 14.8 Å². The summed E-state index contributed by atoms with van der Waals surface area (Å²) in [5.41, 5.74) is 4.92. The lowest BCUT2D eigenvalue weighted by atomic mass is 9.92. The highest BCUT2D eigenvalue weighted by Crippen LogP contribution is 2.26. The van der Waals surface area contributed by atoms with Crippen LogP contribution in [0.4, 0.5) is 0 Å². The van der Waals surface area contributed by atoms with E-state index in [1.54, 1.807) is 7.11 Å². The van der Waals surface area contributed by atoms with Crippen molar-refractivity contribution in [2.75, 3.05) is 13.7 Å². The third-order valence-corrected chi connectivity index (χ3v) is 5.25. The minimum atomic E-state index is -0.104. The number of rotatable bonds is 7. The number of carbonyl (C=O) groups is 1. The van der Waals surface area contributed by atoms with Gasteiger partial charge in [-0.25, -0.2) is 0 Å². The fourth-order valence-electron chi connectivity index (χ4n) is 3.72. The van der Waals surface area contributed by atoms with Gasteiger partial charge in [-0.05, 0) is 79.5 Å². The maximum absolute atomic E-state index is 12.4. The molecule has 0 saturated carbocycles. The quantitative estimate of drug-likeness (QED) is 0.782. The topological polar surface area (TPSA) is 47.6 Å². The number of ether oxygens (including phenoxy) is 2. The Bertz CT molecular complexity index is 800. The van der Waals surface area contributed by atoms with Crippen molar-refractivity contribution < 1.29 is 14.3 Å². The van der Waals surface area contributed by atoms with Crippen molar-refractivity contribution in [1.29, 1.82) is 0 Å². The number of carbonyl (C=O) groups excluding carboxylic acids is 1. The molecule has 0 spiro atoms. The van der Waals surface area contributed by atoms with Crippen molar-refractivity contribution in [3.05, 3.63) is 58.7 Å². The number of amides is 1. The maximum atomic E-state index is 12.4. The molecule has 4 heteroatoms. The summed E-state index contributed by atoms with van der Waals surface area (Å²) in [4.78, 5) is 12.4. The van der Waals surface area contributed by atoms with Crippen LogP contribution in [0, 0.1) is 6.92 Å². The Kier molecular flexibility index (Phi) is 6.38. The molecular formula is C23H29NO3. The SMILES string of the molecule is CC[C@@H](NC(=O)COc1ccc2c(c1)CCCC2)c1ccc(OC)c(C)c1. The lowest BCUT2D eigenvalue weighted by Crippen LogP contribution is -2.32. The Balaban J connectivity index is 1.58. The minimum Gasteiger partial charge on any atom is -0.496 e. The molecule has 27 heavy (non-hydrogen) atoms. The summed E-state index contributed by atoms with van der Waals surface area (Å²) < 4.78 is 11.1. The molecule has 0 unspecified atom stereocenters. The first kappa shape index (κ1) is 19.3. The summed E-state index contributed by atoms with van der Waals surface area (Å²) >= 11 is 0. The van der Waals surface area contributed by atoms with E-state index in [0.29, 0.717) is 0 Å². The van der Waals surface area contributed by atoms with Crippen LogP contribution in [0.1, 0.15) is 54.5 Å². The van der Waals surface area contributed by atoms with E-state index in [0.717, 1.165) is 41.9 Å². The standard InChI is InChI=1S/C23H29NO3/c1-4-21(19-10-12-22(26-3)16(2)13-19)24-23(25)15-27-20-11-9-17-7-5-6-8-18(17)14-20/h9-14,21H,4-8,15H2,1-3H3,(H,24,25)/t21-/m1/s1. The van der Waals surface area contributed by atoms with Crippen LogP contribution in [0.15, 0.2) is 36.4 Å². The van der Waals surface area contributed by atoms with Crippen molar-refractivity contribution in [1.82, 2.24) is 5.32 Å². The molecule has 3 rings (SSSR count). The predicted octanol–water partition coefficient (Wildman–Crippen LogP) is 4.53. The van der Waals surface area contributed by atoms with E-state index in [2.05, 4.69) is 30.4 Å². The van der Waals surface area contributed by atoms with E-state index in [9.17, 15) is 4.79 Å². The van der Waals surface area contributed by atoms with E-state index in [1.165, 1.54) is 24.0 Å². The highest BCUT2D eigenvalue weighted by Gasteiger charge is 2.15. The lowest BCUT2D eigenvalue weighted by molar-refractivity contribution is -0.123. The van der Waals surface area contributed by atoms with Gasteiger partial charge >= 0.3 is 0 Å². The van der Waals surface area contributed by atoms with Crippen LogP contribution in [0.25, 0.3) is 0 Å². The molecule has 1 aliphatic rings. The van der Waals surface area contributed by atoms with Crippen molar-refractivity contribution >= 4 is 5.91 Å². The Hall–Kier alpha value is -2.49. The van der Waals surface area contributed by atoms with E-state index >= 15 is 0 Å². The Labute approximate surface area is 161 Å². The number of benzene rings is 2. The second-order valence-electron chi connectivity index (χ2n) is 7.18. The van der Waals surface area contributed by atoms with Gasteiger partial charge in [-0.15, -0.1) is 0 Å². The van der Waals surface area contributed by atoms with E-state index in [1.807, 2.05) is 25.1 Å². The normalized spacial score (nSPS) is 14.2. The molecule has 1 amide bonds. The predicted molar refractivity (Wildman–Crippen MR) is 107 cm³/mol. The number of fused-ring (bicyclic) bond motifs is 1. The van der Waals surface area contributed by atoms with Crippen LogP contribution in [0.5, 0.6) is 11.5 Å². The molecule has 1 aliphatic carbocycles. The van der Waals surface area contributed by atoms with E-state index < -0.39 is 0 Å². The number of hydrogen-bond acceptors (Lipinski definition) is 3. The molecule has 144 valence electrons. The van der Waals surface area contributed by atoms with Crippen molar-refractivity contribution in [2.24, 2.45) is 0 Å². The zero-order valence-corrected chi connectivity index (χ0v) is 16.5. The van der Waals surface area contributed by atoms with Gasteiger partial charge in [0, 0.05) is 0 Å². The summed E-state index contributed by atoms with van der Waals surface area (Å²) in [5.74, 6) is 1.53. The van der Waals surface area contributed by atoms with Crippen molar-refractivity contribution in [3.63, 3.8) is 0 Å². The summed E-state index contributed by atoms with van der Waals surface area (Å²) in [6.07, 6.45) is 5.56. The van der Waals surface area contributed by atoms with Gasteiger partial charge in [-0.2, -0.15) is 0 Å². The van der Waals surface area contributed by atoms with E-state index in [4.69, 9.17) is 9.47 Å². The van der Waals surface area contributed by atoms with Crippen molar-refractivity contribution in [2.45, 2.75) is 52.0 Å². The fraction of sp³-hybridized carbons (Fsp3) is 0.435. The van der Waals surface area contributed by atoms with Crippen molar-refractivity contribution in [3.8, 4) is 11.5 Å². The molecule has 0 aromatic heterocycles. The monoisotopic (exact) mass is 367 g/mol. The molecule has 0 aliphatic heterocycles. The van der Waals surface area contributed by atoms with Crippen LogP contribution in [-0.2, 0) is 17.6 Å². The van der Waals surface area contributed by atoms with Gasteiger partial charge in [0.05, 0.1) is 13.2 Å². The molecule has 2 aromatic carbocycles. The van der Waals surface area contributed by atoms with Crippen LogP contribution in [0.2, 0.25) is 0 Å². The fourth-order valence-corrected chi connectivity index (χ4v) is 3.72. The number of nitrogens with one attached hydrogen (secondary N) is 1. The molecular weight excluding hydrogens is 338 g/mol. The second kappa shape index (κ2) is 8.94. The van der Waals surface area contributed by atoms with Gasteiger partial charge in [0.25, 0.3) is 5.91 Å². The first-order valence-corrected chi connectivity index (χ1v) is 9.79. The second-order valence-corrected chi connectivity index (χ2v) is 7.18. The number of methoxy groups -OCH3 is 1. The van der Waals surface area contributed by atoms with Gasteiger partial charge in [-0.3, -0.25) is 4.79 Å². The zero-order chi connectivity index (χ0) is 19.2. The lowest BCUT2D eigenvalue weighted by Gasteiger charge is -2.19. The molecule has 1 atom stereocenters. The van der Waals surface area contributed by atoms with Crippen LogP contribution in [0.3, 0.4) is 0 Å². The highest BCUT2D eigenvalue weighted by atomic mass is 16.5. The number of hydrogen-bond donors (Lipinski definition) is 1. The molecule has 0 radical (unpaired) electrons. The maximum Gasteiger partial charge on any atom is 0.258 e. The number of aryl methyl sites for hydroxylation is 3. The molecule has 0 heterocycles. The largest absolute Gasteiger partial charge is 0.496 e. The molecule has 0 fully saturated rings. The molecule has 2 aromatic rings. The van der Waals surface area contributed by atoms with Gasteiger partial charge in [-0.1, -0.05) is 25.1 Å². The molecule has 0 bridgehead atoms. The molecule has 0 saturated heterocycles. The average molecular weight is 367 g/mol. The van der Waals surface area contributed by atoms with Gasteiger partial charge < -0.3 is 14.8 Å². The van der Waals surface area contributed by atoms with E-state index in [-0.39, 0.29) is 18.6 Å². The third kappa shape index (κ3) is 4.82. The summed E-state index contributed by atoms with van der Waals surface area (Å²) in [7, 11) is 1.67.